The maximum absolute atomic E-state index is 13.3. The van der Waals surface area contributed by atoms with E-state index in [2.05, 4.69) is 9.88 Å². The molecule has 1 saturated heterocycles. The van der Waals surface area contributed by atoms with E-state index in [9.17, 15) is 13.2 Å². The molecule has 204 valence electrons. The van der Waals surface area contributed by atoms with Crippen LogP contribution in [0.2, 0.25) is 0 Å². The van der Waals surface area contributed by atoms with Gasteiger partial charge in [-0.3, -0.25) is 0 Å². The quantitative estimate of drug-likeness (QED) is 0.281. The third-order valence-electron chi connectivity index (χ3n) is 6.56. The number of anilines is 1. The molecule has 3 aromatic carbocycles. The van der Waals surface area contributed by atoms with Crippen molar-refractivity contribution < 1.29 is 32.1 Å². The summed E-state index contributed by atoms with van der Waals surface area (Å²) in [6, 6.07) is 16.6. The number of nitrogens with zero attached hydrogens (tertiary/aromatic N) is 3. The third-order valence-corrected chi connectivity index (χ3v) is 6.56. The summed E-state index contributed by atoms with van der Waals surface area (Å²) in [5, 5.41) is 0.735. The van der Waals surface area contributed by atoms with Crippen molar-refractivity contribution in [3.05, 3.63) is 71.8 Å². The Morgan fingerprint density at radius 2 is 1.64 bits per heavy atom. The minimum absolute atomic E-state index is 0.233. The van der Waals surface area contributed by atoms with Crippen LogP contribution in [0.1, 0.15) is 11.1 Å². The second-order valence-corrected chi connectivity index (χ2v) is 9.03. The molecule has 4 aromatic rings. The van der Waals surface area contributed by atoms with E-state index in [-0.39, 0.29) is 6.01 Å². The molecule has 0 unspecified atom stereocenters. The standard InChI is InChI=1S/C29H28F3N3O4/c1-36-25-9-6-19(16-26(25)37-2)10-13-39-28-33-24-8-7-21(20-4-3-5-22(17-20)29(30,31)32)18-23(24)27(34-28)35-11-14-38-15-12-35/h3-9,16-18H,10-15H2,1-2H3. The van der Waals surface area contributed by atoms with Crippen LogP contribution >= 0.6 is 0 Å². The Bertz CT molecular complexity index is 1460. The number of methoxy groups -OCH3 is 2. The van der Waals surface area contributed by atoms with E-state index in [1.165, 1.54) is 6.07 Å². The smallest absolute Gasteiger partial charge is 0.416 e. The summed E-state index contributed by atoms with van der Waals surface area (Å²) in [6.07, 6.45) is -3.82. The number of halogens is 3. The molecule has 0 radical (unpaired) electrons. The number of morpholine rings is 1. The summed E-state index contributed by atoms with van der Waals surface area (Å²) >= 11 is 0. The molecular formula is C29H28F3N3O4. The molecule has 1 aromatic heterocycles. The van der Waals surface area contributed by atoms with Crippen LogP contribution in [0.5, 0.6) is 17.5 Å². The highest BCUT2D eigenvalue weighted by molar-refractivity contribution is 5.93. The third kappa shape index (κ3) is 6.01. The fourth-order valence-corrected chi connectivity index (χ4v) is 4.52. The summed E-state index contributed by atoms with van der Waals surface area (Å²) in [4.78, 5) is 11.4. The van der Waals surface area contributed by atoms with Gasteiger partial charge in [-0.25, -0.2) is 0 Å². The highest BCUT2D eigenvalue weighted by Crippen LogP contribution is 2.35. The van der Waals surface area contributed by atoms with Gasteiger partial charge in [0.25, 0.3) is 0 Å². The van der Waals surface area contributed by atoms with Crippen molar-refractivity contribution in [1.29, 1.82) is 0 Å². The second kappa shape index (κ2) is 11.4. The minimum Gasteiger partial charge on any atom is -0.493 e. The first-order valence-electron chi connectivity index (χ1n) is 12.5. The van der Waals surface area contributed by atoms with E-state index in [0.29, 0.717) is 73.3 Å². The molecule has 0 amide bonds. The normalized spacial score (nSPS) is 13.9. The van der Waals surface area contributed by atoms with E-state index in [1.54, 1.807) is 32.4 Å². The van der Waals surface area contributed by atoms with Crippen LogP contribution in [0.15, 0.2) is 60.7 Å². The zero-order chi connectivity index (χ0) is 27.4. The lowest BCUT2D eigenvalue weighted by atomic mass is 10.0. The molecule has 0 aliphatic carbocycles. The van der Waals surface area contributed by atoms with E-state index < -0.39 is 11.7 Å². The topological polar surface area (TPSA) is 65.9 Å². The lowest BCUT2D eigenvalue weighted by Gasteiger charge is -2.29. The first-order chi connectivity index (χ1) is 18.9. The maximum atomic E-state index is 13.3. The van der Waals surface area contributed by atoms with Gasteiger partial charge in [0.15, 0.2) is 11.5 Å². The van der Waals surface area contributed by atoms with Gasteiger partial charge in [0, 0.05) is 24.9 Å². The van der Waals surface area contributed by atoms with Crippen LogP contribution in [0.3, 0.4) is 0 Å². The molecule has 7 nitrogen and oxygen atoms in total. The molecule has 0 N–H and O–H groups in total. The average molecular weight is 540 g/mol. The average Bonchev–Trinajstić information content (AvgIpc) is 2.96. The lowest BCUT2D eigenvalue weighted by Crippen LogP contribution is -2.37. The predicted octanol–water partition coefficient (Wildman–Crippen LogP) is 5.79. The number of benzene rings is 3. The Hall–Kier alpha value is -4.05. The first kappa shape index (κ1) is 26.6. The fourth-order valence-electron chi connectivity index (χ4n) is 4.52. The number of hydrogen-bond donors (Lipinski definition) is 0. The van der Waals surface area contributed by atoms with Crippen molar-refractivity contribution in [1.82, 2.24) is 9.97 Å². The van der Waals surface area contributed by atoms with Crippen molar-refractivity contribution in [2.45, 2.75) is 12.6 Å². The molecule has 10 heteroatoms. The van der Waals surface area contributed by atoms with E-state index in [4.69, 9.17) is 23.9 Å². The Morgan fingerprint density at radius 1 is 0.872 bits per heavy atom. The zero-order valence-corrected chi connectivity index (χ0v) is 21.6. The summed E-state index contributed by atoms with van der Waals surface area (Å²) in [5.41, 5.74) is 2.07. The molecule has 0 bridgehead atoms. The fraction of sp³-hybridized carbons (Fsp3) is 0.310. The van der Waals surface area contributed by atoms with Gasteiger partial charge in [0.2, 0.25) is 0 Å². The molecule has 1 aliphatic heterocycles. The van der Waals surface area contributed by atoms with Gasteiger partial charge in [0.1, 0.15) is 5.82 Å². The molecular weight excluding hydrogens is 511 g/mol. The Kier molecular flexibility index (Phi) is 7.74. The van der Waals surface area contributed by atoms with Gasteiger partial charge >= 0.3 is 12.2 Å². The van der Waals surface area contributed by atoms with Crippen LogP contribution in [-0.2, 0) is 17.3 Å². The summed E-state index contributed by atoms with van der Waals surface area (Å²) in [7, 11) is 3.18. The van der Waals surface area contributed by atoms with Crippen molar-refractivity contribution in [3.8, 4) is 28.6 Å². The summed E-state index contributed by atoms with van der Waals surface area (Å²) in [5.74, 6) is 1.96. The van der Waals surface area contributed by atoms with E-state index in [0.717, 1.165) is 23.1 Å². The predicted molar refractivity (Wildman–Crippen MR) is 142 cm³/mol. The molecule has 0 saturated carbocycles. The highest BCUT2D eigenvalue weighted by Gasteiger charge is 2.30. The van der Waals surface area contributed by atoms with Crippen LogP contribution in [0.4, 0.5) is 19.0 Å². The van der Waals surface area contributed by atoms with Gasteiger partial charge in [-0.05, 0) is 53.1 Å². The first-order valence-corrected chi connectivity index (χ1v) is 12.5. The van der Waals surface area contributed by atoms with Gasteiger partial charge in [-0.2, -0.15) is 23.1 Å². The van der Waals surface area contributed by atoms with Crippen molar-refractivity contribution in [3.63, 3.8) is 0 Å². The highest BCUT2D eigenvalue weighted by atomic mass is 19.4. The van der Waals surface area contributed by atoms with Crippen molar-refractivity contribution in [2.75, 3.05) is 52.0 Å². The molecule has 0 spiro atoms. The number of ether oxygens (including phenoxy) is 4. The number of rotatable bonds is 8. The largest absolute Gasteiger partial charge is 0.493 e. The summed E-state index contributed by atoms with van der Waals surface area (Å²) in [6.45, 7) is 2.70. The van der Waals surface area contributed by atoms with Crippen molar-refractivity contribution >= 4 is 16.7 Å². The maximum Gasteiger partial charge on any atom is 0.416 e. The van der Waals surface area contributed by atoms with E-state index >= 15 is 0 Å². The van der Waals surface area contributed by atoms with Crippen molar-refractivity contribution in [2.24, 2.45) is 0 Å². The zero-order valence-electron chi connectivity index (χ0n) is 21.6. The van der Waals surface area contributed by atoms with Gasteiger partial charge in [0.05, 0.1) is 45.1 Å². The number of alkyl halides is 3. The second-order valence-electron chi connectivity index (χ2n) is 9.03. The van der Waals surface area contributed by atoms with Crippen LogP contribution < -0.4 is 19.1 Å². The molecule has 0 atom stereocenters. The lowest BCUT2D eigenvalue weighted by molar-refractivity contribution is -0.137. The van der Waals surface area contributed by atoms with Crippen LogP contribution in [0, 0.1) is 0 Å². The Morgan fingerprint density at radius 3 is 2.38 bits per heavy atom. The minimum atomic E-state index is -4.42. The number of fused-ring (bicyclic) bond motifs is 1. The van der Waals surface area contributed by atoms with Gasteiger partial charge in [-0.1, -0.05) is 24.3 Å². The molecule has 39 heavy (non-hydrogen) atoms. The van der Waals surface area contributed by atoms with Gasteiger partial charge in [-0.15, -0.1) is 0 Å². The monoisotopic (exact) mass is 539 g/mol. The number of hydrogen-bond acceptors (Lipinski definition) is 7. The molecule has 5 rings (SSSR count). The number of aromatic nitrogens is 2. The molecule has 2 heterocycles. The Labute approximate surface area is 224 Å². The molecule has 1 aliphatic rings. The molecule has 1 fully saturated rings. The van der Waals surface area contributed by atoms with Gasteiger partial charge < -0.3 is 23.8 Å². The summed E-state index contributed by atoms with van der Waals surface area (Å²) < 4.78 is 62.1. The SMILES string of the molecule is COc1ccc(CCOc2nc(N3CCOCC3)c3cc(-c4cccc(C(F)(F)F)c4)ccc3n2)cc1OC. The van der Waals surface area contributed by atoms with Crippen LogP contribution in [-0.4, -0.2) is 57.1 Å². The Balaban J connectivity index is 1.44. The van der Waals surface area contributed by atoms with E-state index in [1.807, 2.05) is 24.3 Å². The van der Waals surface area contributed by atoms with Crippen LogP contribution in [0.25, 0.3) is 22.0 Å².